The van der Waals surface area contributed by atoms with Gasteiger partial charge < -0.3 is 4.74 Å². The highest BCUT2D eigenvalue weighted by molar-refractivity contribution is 9.10. The first-order chi connectivity index (χ1) is 10.5. The number of benzene rings is 2. The number of ether oxygens (including phenoxy) is 1. The third-order valence-electron chi connectivity index (χ3n) is 2.68. The van der Waals surface area contributed by atoms with Crippen LogP contribution in [0.3, 0.4) is 0 Å². The maximum absolute atomic E-state index is 13.1. The Morgan fingerprint density at radius 1 is 1.27 bits per heavy atom. The molecular weight excluding hydrogens is 359 g/mol. The maximum Gasteiger partial charge on any atom is 0.411 e. The molecule has 6 nitrogen and oxygen atoms in total. The summed E-state index contributed by atoms with van der Waals surface area (Å²) in [6, 6.07) is 9.47. The SMILES string of the molecule is O=C(Nc1cc(F)ccc1Br)OCc1ccc([N+](=O)[O-])cc1. The molecule has 0 aromatic heterocycles. The molecule has 0 bridgehead atoms. The number of carbonyl (C=O) groups excluding carboxylic acids is 1. The number of halogens is 2. The van der Waals surface area contributed by atoms with Gasteiger partial charge in [-0.25, -0.2) is 9.18 Å². The van der Waals surface area contributed by atoms with Gasteiger partial charge >= 0.3 is 6.09 Å². The molecular formula is C14H10BrFN2O4. The Hall–Kier alpha value is -2.48. The zero-order valence-electron chi connectivity index (χ0n) is 11.1. The number of non-ortho nitro benzene ring substituents is 1. The molecule has 0 saturated carbocycles. The van der Waals surface area contributed by atoms with Gasteiger partial charge in [0, 0.05) is 16.6 Å². The summed E-state index contributed by atoms with van der Waals surface area (Å²) in [5.74, 6) is -0.492. The molecule has 0 radical (unpaired) electrons. The number of hydrogen-bond donors (Lipinski definition) is 1. The fraction of sp³-hybridized carbons (Fsp3) is 0.0714. The van der Waals surface area contributed by atoms with Gasteiger partial charge in [-0.15, -0.1) is 0 Å². The summed E-state index contributed by atoms with van der Waals surface area (Å²) in [7, 11) is 0. The van der Waals surface area contributed by atoms with E-state index >= 15 is 0 Å². The minimum Gasteiger partial charge on any atom is -0.444 e. The number of nitrogens with zero attached hydrogens (tertiary/aromatic N) is 1. The lowest BCUT2D eigenvalue weighted by Crippen LogP contribution is -2.14. The van der Waals surface area contributed by atoms with Gasteiger partial charge in [0.25, 0.3) is 5.69 Å². The van der Waals surface area contributed by atoms with E-state index in [-0.39, 0.29) is 18.0 Å². The van der Waals surface area contributed by atoms with Crippen molar-refractivity contribution in [1.29, 1.82) is 0 Å². The van der Waals surface area contributed by atoms with Crippen LogP contribution >= 0.6 is 15.9 Å². The van der Waals surface area contributed by atoms with Crippen LogP contribution in [-0.4, -0.2) is 11.0 Å². The van der Waals surface area contributed by atoms with Crippen LogP contribution in [0, 0.1) is 15.9 Å². The van der Waals surface area contributed by atoms with Crippen molar-refractivity contribution in [2.24, 2.45) is 0 Å². The second-order valence-corrected chi connectivity index (χ2v) is 5.10. The third kappa shape index (κ3) is 4.26. The molecule has 22 heavy (non-hydrogen) atoms. The first-order valence-electron chi connectivity index (χ1n) is 6.08. The Kier molecular flexibility index (Phi) is 5.05. The van der Waals surface area contributed by atoms with Gasteiger partial charge in [0.1, 0.15) is 12.4 Å². The van der Waals surface area contributed by atoms with Crippen LogP contribution < -0.4 is 5.32 Å². The zero-order valence-corrected chi connectivity index (χ0v) is 12.7. The molecule has 114 valence electrons. The molecule has 2 aromatic rings. The summed E-state index contributed by atoms with van der Waals surface area (Å²) in [5.41, 5.74) is 0.796. The van der Waals surface area contributed by atoms with Crippen LogP contribution in [0.5, 0.6) is 0 Å². The van der Waals surface area contributed by atoms with Gasteiger partial charge in [-0.1, -0.05) is 0 Å². The summed E-state index contributed by atoms with van der Waals surface area (Å²) >= 11 is 3.18. The highest BCUT2D eigenvalue weighted by atomic mass is 79.9. The molecule has 0 unspecified atom stereocenters. The van der Waals surface area contributed by atoms with E-state index in [2.05, 4.69) is 21.2 Å². The van der Waals surface area contributed by atoms with Gasteiger partial charge in [0.15, 0.2) is 0 Å². The van der Waals surface area contributed by atoms with Gasteiger partial charge in [0.2, 0.25) is 0 Å². The monoisotopic (exact) mass is 368 g/mol. The first-order valence-corrected chi connectivity index (χ1v) is 6.87. The van der Waals surface area contributed by atoms with Crippen molar-refractivity contribution >= 4 is 33.4 Å². The molecule has 0 aliphatic heterocycles. The van der Waals surface area contributed by atoms with E-state index in [9.17, 15) is 19.3 Å². The van der Waals surface area contributed by atoms with Gasteiger partial charge in [-0.3, -0.25) is 15.4 Å². The normalized spacial score (nSPS) is 10.1. The first kappa shape index (κ1) is 15.9. The molecule has 0 heterocycles. The Labute approximate surface area is 133 Å². The van der Waals surface area contributed by atoms with Crippen LogP contribution in [0.2, 0.25) is 0 Å². The standard InChI is InChI=1S/C14H10BrFN2O4/c15-12-6-3-10(16)7-13(12)17-14(19)22-8-9-1-4-11(5-2-9)18(20)21/h1-7H,8H2,(H,17,19). The van der Waals surface area contributed by atoms with E-state index in [4.69, 9.17) is 4.74 Å². The number of nitro groups is 1. The number of rotatable bonds is 4. The number of carbonyl (C=O) groups is 1. The number of anilines is 1. The molecule has 2 aromatic carbocycles. The molecule has 0 aliphatic carbocycles. The molecule has 0 aliphatic rings. The van der Waals surface area contributed by atoms with Crippen LogP contribution in [0.4, 0.5) is 20.6 Å². The lowest BCUT2D eigenvalue weighted by molar-refractivity contribution is -0.384. The highest BCUT2D eigenvalue weighted by Crippen LogP contribution is 2.23. The van der Waals surface area contributed by atoms with Crippen molar-refractivity contribution in [2.75, 3.05) is 5.32 Å². The molecule has 0 fully saturated rings. The second kappa shape index (κ2) is 6.99. The van der Waals surface area contributed by atoms with Crippen LogP contribution in [0.25, 0.3) is 0 Å². The molecule has 8 heteroatoms. The van der Waals surface area contributed by atoms with Crippen molar-refractivity contribution in [3.63, 3.8) is 0 Å². The van der Waals surface area contributed by atoms with E-state index in [0.29, 0.717) is 10.0 Å². The summed E-state index contributed by atoms with van der Waals surface area (Å²) in [5, 5.41) is 12.9. The summed E-state index contributed by atoms with van der Waals surface area (Å²) in [6.45, 7) is -0.0588. The Balaban J connectivity index is 1.92. The molecule has 0 spiro atoms. The Bertz CT molecular complexity index is 706. The third-order valence-corrected chi connectivity index (χ3v) is 3.37. The lowest BCUT2D eigenvalue weighted by Gasteiger charge is -2.08. The van der Waals surface area contributed by atoms with E-state index in [0.717, 1.165) is 6.07 Å². The zero-order chi connectivity index (χ0) is 16.1. The summed E-state index contributed by atoms with van der Waals surface area (Å²) < 4.78 is 18.6. The topological polar surface area (TPSA) is 81.5 Å². The lowest BCUT2D eigenvalue weighted by atomic mass is 10.2. The molecule has 1 N–H and O–H groups in total. The fourth-order valence-corrected chi connectivity index (χ4v) is 1.95. The summed E-state index contributed by atoms with van der Waals surface area (Å²) in [4.78, 5) is 21.6. The predicted octanol–water partition coefficient (Wildman–Crippen LogP) is 4.25. The van der Waals surface area contributed by atoms with E-state index in [1.54, 1.807) is 0 Å². The van der Waals surface area contributed by atoms with Crippen LogP contribution in [0.1, 0.15) is 5.56 Å². The number of nitro benzene ring substituents is 1. The number of amides is 1. The van der Waals surface area contributed by atoms with Crippen molar-refractivity contribution in [3.8, 4) is 0 Å². The minimum atomic E-state index is -0.760. The molecule has 1 amide bonds. The Morgan fingerprint density at radius 2 is 1.95 bits per heavy atom. The van der Waals surface area contributed by atoms with E-state index < -0.39 is 16.8 Å². The quantitative estimate of drug-likeness (QED) is 0.646. The molecule has 0 atom stereocenters. The van der Waals surface area contributed by atoms with Crippen molar-refractivity contribution in [3.05, 3.63) is 68.4 Å². The van der Waals surface area contributed by atoms with Gasteiger partial charge in [0.05, 0.1) is 10.6 Å². The Morgan fingerprint density at radius 3 is 2.59 bits per heavy atom. The number of hydrogen-bond acceptors (Lipinski definition) is 4. The van der Waals surface area contributed by atoms with Crippen LogP contribution in [0.15, 0.2) is 46.9 Å². The fourth-order valence-electron chi connectivity index (χ4n) is 1.60. The maximum atomic E-state index is 13.1. The average Bonchev–Trinajstić information content (AvgIpc) is 2.49. The second-order valence-electron chi connectivity index (χ2n) is 4.25. The van der Waals surface area contributed by atoms with Crippen LogP contribution in [-0.2, 0) is 11.3 Å². The van der Waals surface area contributed by atoms with Gasteiger partial charge in [-0.2, -0.15) is 0 Å². The van der Waals surface area contributed by atoms with E-state index in [1.165, 1.54) is 36.4 Å². The van der Waals surface area contributed by atoms with E-state index in [1.807, 2.05) is 0 Å². The predicted molar refractivity (Wildman–Crippen MR) is 81.0 cm³/mol. The largest absolute Gasteiger partial charge is 0.444 e. The number of nitrogens with one attached hydrogen (secondary N) is 1. The van der Waals surface area contributed by atoms with Crippen molar-refractivity contribution < 1.29 is 18.8 Å². The molecule has 2 rings (SSSR count). The average molecular weight is 369 g/mol. The minimum absolute atomic E-state index is 0.0445. The van der Waals surface area contributed by atoms with Gasteiger partial charge in [-0.05, 0) is 51.8 Å². The van der Waals surface area contributed by atoms with Crippen molar-refractivity contribution in [2.45, 2.75) is 6.61 Å². The molecule has 0 saturated heterocycles. The smallest absolute Gasteiger partial charge is 0.411 e. The highest BCUT2D eigenvalue weighted by Gasteiger charge is 2.09. The summed E-state index contributed by atoms with van der Waals surface area (Å²) in [6.07, 6.45) is -0.760. The van der Waals surface area contributed by atoms with Crippen molar-refractivity contribution in [1.82, 2.24) is 0 Å².